The molecule has 0 aliphatic carbocycles. The van der Waals surface area contributed by atoms with Crippen molar-refractivity contribution in [3.63, 3.8) is 0 Å². The molecule has 5 heteroatoms. The molecule has 0 bridgehead atoms. The van der Waals surface area contributed by atoms with E-state index in [2.05, 4.69) is 17.4 Å². The van der Waals surface area contributed by atoms with Crippen LogP contribution in [0.4, 0.5) is 0 Å². The average molecular weight is 331 g/mol. The zero-order valence-corrected chi connectivity index (χ0v) is 14.6. The summed E-state index contributed by atoms with van der Waals surface area (Å²) in [5.41, 5.74) is 5.05. The number of nitrogens with one attached hydrogen (secondary N) is 1. The maximum atomic E-state index is 12.2. The van der Waals surface area contributed by atoms with Crippen LogP contribution in [0, 0.1) is 20.8 Å². The van der Waals surface area contributed by atoms with E-state index in [1.807, 2.05) is 20.8 Å². The van der Waals surface area contributed by atoms with Gasteiger partial charge in [0, 0.05) is 18.4 Å². The third-order valence-electron chi connectivity index (χ3n) is 3.81. The van der Waals surface area contributed by atoms with Crippen LogP contribution in [-0.2, 0) is 16.4 Å². The number of aryl methyl sites for hydroxylation is 3. The van der Waals surface area contributed by atoms with Crippen LogP contribution in [0.2, 0.25) is 0 Å². The molecule has 0 heterocycles. The highest BCUT2D eigenvalue weighted by molar-refractivity contribution is 7.90. The smallest absolute Gasteiger partial charge is 0.251 e. The molecule has 0 radical (unpaired) electrons. The van der Waals surface area contributed by atoms with Crippen LogP contribution in [0.5, 0.6) is 0 Å². The molecule has 0 saturated heterocycles. The number of hydrogen-bond acceptors (Lipinski definition) is 3. The molecule has 122 valence electrons. The molecule has 0 fully saturated rings. The molecule has 0 unspecified atom stereocenters. The number of carbonyl (C=O) groups is 1. The molecule has 1 amide bonds. The van der Waals surface area contributed by atoms with Gasteiger partial charge in [0.25, 0.3) is 5.91 Å². The Kier molecular flexibility index (Phi) is 4.90. The predicted octanol–water partition coefficient (Wildman–Crippen LogP) is 2.95. The molecular formula is C18H21NO3S. The Morgan fingerprint density at radius 1 is 1.00 bits per heavy atom. The van der Waals surface area contributed by atoms with Gasteiger partial charge in [0.1, 0.15) is 0 Å². The molecule has 0 aromatic heterocycles. The summed E-state index contributed by atoms with van der Waals surface area (Å²) in [6.07, 6.45) is 1.14. The lowest BCUT2D eigenvalue weighted by atomic mass is 10.00. The number of hydrogen-bond donors (Lipinski definition) is 1. The predicted molar refractivity (Wildman–Crippen MR) is 91.4 cm³/mol. The molecule has 2 aromatic carbocycles. The highest BCUT2D eigenvalue weighted by Crippen LogP contribution is 2.16. The van der Waals surface area contributed by atoms with Crippen LogP contribution in [0.15, 0.2) is 41.3 Å². The van der Waals surface area contributed by atoms with Gasteiger partial charge in [-0.25, -0.2) is 8.42 Å². The second-order valence-corrected chi connectivity index (χ2v) is 7.87. The van der Waals surface area contributed by atoms with Crippen molar-refractivity contribution >= 4 is 15.7 Å². The minimum atomic E-state index is -3.25. The third-order valence-corrected chi connectivity index (χ3v) is 4.94. The van der Waals surface area contributed by atoms with E-state index in [9.17, 15) is 13.2 Å². The molecule has 0 atom stereocenters. The second kappa shape index (κ2) is 6.54. The summed E-state index contributed by atoms with van der Waals surface area (Å²) < 4.78 is 22.9. The summed E-state index contributed by atoms with van der Waals surface area (Å²) in [4.78, 5) is 12.4. The highest BCUT2D eigenvalue weighted by Gasteiger charge is 2.11. The molecular weight excluding hydrogens is 310 g/mol. The summed E-state index contributed by atoms with van der Waals surface area (Å²) in [5, 5.41) is 2.89. The minimum Gasteiger partial charge on any atom is -0.348 e. The molecule has 2 aromatic rings. The highest BCUT2D eigenvalue weighted by atomic mass is 32.2. The average Bonchev–Trinajstić information content (AvgIpc) is 2.45. The third kappa shape index (κ3) is 4.20. The van der Waals surface area contributed by atoms with Crippen LogP contribution in [0.25, 0.3) is 0 Å². The lowest BCUT2D eigenvalue weighted by Crippen LogP contribution is -2.23. The maximum absolute atomic E-state index is 12.2. The van der Waals surface area contributed by atoms with Gasteiger partial charge in [0.05, 0.1) is 4.90 Å². The maximum Gasteiger partial charge on any atom is 0.251 e. The molecule has 0 saturated carbocycles. The first-order chi connectivity index (χ1) is 10.7. The van der Waals surface area contributed by atoms with Gasteiger partial charge in [-0.1, -0.05) is 17.7 Å². The number of sulfone groups is 1. The van der Waals surface area contributed by atoms with E-state index < -0.39 is 9.84 Å². The molecule has 0 aliphatic heterocycles. The Hall–Kier alpha value is -2.14. The number of rotatable bonds is 4. The Morgan fingerprint density at radius 3 is 2.00 bits per heavy atom. The van der Waals surface area contributed by atoms with E-state index >= 15 is 0 Å². The van der Waals surface area contributed by atoms with Crippen molar-refractivity contribution in [2.45, 2.75) is 32.2 Å². The minimum absolute atomic E-state index is 0.208. The van der Waals surface area contributed by atoms with Gasteiger partial charge >= 0.3 is 0 Å². The monoisotopic (exact) mass is 331 g/mol. The van der Waals surface area contributed by atoms with Gasteiger partial charge in [0.2, 0.25) is 0 Å². The van der Waals surface area contributed by atoms with Crippen molar-refractivity contribution in [1.29, 1.82) is 0 Å². The van der Waals surface area contributed by atoms with Crippen molar-refractivity contribution in [3.8, 4) is 0 Å². The lowest BCUT2D eigenvalue weighted by Gasteiger charge is -2.12. The molecule has 23 heavy (non-hydrogen) atoms. The van der Waals surface area contributed by atoms with Crippen molar-refractivity contribution in [2.24, 2.45) is 0 Å². The Balaban J connectivity index is 2.11. The number of carbonyl (C=O) groups excluding carboxylic acids is 1. The summed E-state index contributed by atoms with van der Waals surface area (Å²) in [5.74, 6) is -0.218. The molecule has 2 rings (SSSR count). The second-order valence-electron chi connectivity index (χ2n) is 5.86. The van der Waals surface area contributed by atoms with E-state index in [1.165, 1.54) is 29.8 Å². The van der Waals surface area contributed by atoms with Gasteiger partial charge in [0.15, 0.2) is 9.84 Å². The fraction of sp³-hybridized carbons (Fsp3) is 0.278. The summed E-state index contributed by atoms with van der Waals surface area (Å²) >= 11 is 0. The van der Waals surface area contributed by atoms with E-state index in [-0.39, 0.29) is 10.8 Å². The normalized spacial score (nSPS) is 11.3. The van der Waals surface area contributed by atoms with Gasteiger partial charge < -0.3 is 5.32 Å². The van der Waals surface area contributed by atoms with Crippen LogP contribution < -0.4 is 5.32 Å². The quantitative estimate of drug-likeness (QED) is 0.937. The van der Waals surface area contributed by atoms with Crippen LogP contribution in [-0.4, -0.2) is 20.6 Å². The van der Waals surface area contributed by atoms with Gasteiger partial charge in [-0.2, -0.15) is 0 Å². The summed E-state index contributed by atoms with van der Waals surface area (Å²) in [6, 6.07) is 10.1. The van der Waals surface area contributed by atoms with Crippen LogP contribution in [0.1, 0.15) is 32.6 Å². The number of benzene rings is 2. The first kappa shape index (κ1) is 17.2. The molecule has 0 spiro atoms. The zero-order chi connectivity index (χ0) is 17.2. The van der Waals surface area contributed by atoms with Gasteiger partial charge in [-0.15, -0.1) is 0 Å². The van der Waals surface area contributed by atoms with E-state index in [1.54, 1.807) is 0 Å². The first-order valence-electron chi connectivity index (χ1n) is 7.33. The van der Waals surface area contributed by atoms with Crippen LogP contribution >= 0.6 is 0 Å². The molecule has 0 aliphatic rings. The van der Waals surface area contributed by atoms with Crippen molar-refractivity contribution in [3.05, 3.63) is 64.2 Å². The Bertz CT molecular complexity index is 814. The largest absolute Gasteiger partial charge is 0.348 e. The van der Waals surface area contributed by atoms with Crippen molar-refractivity contribution in [1.82, 2.24) is 5.32 Å². The zero-order valence-electron chi connectivity index (χ0n) is 13.8. The summed E-state index contributed by atoms with van der Waals surface area (Å²) in [6.45, 7) is 6.56. The fourth-order valence-electron chi connectivity index (χ4n) is 2.61. The Morgan fingerprint density at radius 2 is 1.52 bits per heavy atom. The van der Waals surface area contributed by atoms with E-state index in [4.69, 9.17) is 0 Å². The lowest BCUT2D eigenvalue weighted by molar-refractivity contribution is 0.0950. The number of amides is 1. The molecule has 1 N–H and O–H groups in total. The van der Waals surface area contributed by atoms with E-state index in [0.717, 1.165) is 22.9 Å². The van der Waals surface area contributed by atoms with Crippen molar-refractivity contribution < 1.29 is 13.2 Å². The SMILES string of the molecule is Cc1cc(C)c(CNC(=O)c2ccc(S(C)(=O)=O)cc2)c(C)c1. The molecule has 4 nitrogen and oxygen atoms in total. The standard InChI is InChI=1S/C18H21NO3S/c1-12-9-13(2)17(14(3)10-12)11-19-18(20)15-5-7-16(8-6-15)23(4,21)22/h5-10H,11H2,1-4H3,(H,19,20). The van der Waals surface area contributed by atoms with Crippen LogP contribution in [0.3, 0.4) is 0 Å². The van der Waals surface area contributed by atoms with E-state index in [0.29, 0.717) is 12.1 Å². The van der Waals surface area contributed by atoms with Gasteiger partial charge in [-0.05, 0) is 61.7 Å². The Labute approximate surface area is 137 Å². The fourth-order valence-corrected chi connectivity index (χ4v) is 3.24. The summed E-state index contributed by atoms with van der Waals surface area (Å²) in [7, 11) is -3.25. The topological polar surface area (TPSA) is 63.2 Å². The van der Waals surface area contributed by atoms with Gasteiger partial charge in [-0.3, -0.25) is 4.79 Å². The first-order valence-corrected chi connectivity index (χ1v) is 9.22. The van der Waals surface area contributed by atoms with Crippen molar-refractivity contribution in [2.75, 3.05) is 6.26 Å².